The number of benzene rings is 1. The zero-order chi connectivity index (χ0) is 12.0. The molecule has 90 valence electrons. The summed E-state index contributed by atoms with van der Waals surface area (Å²) >= 11 is 0. The monoisotopic (exact) mass is 231 g/mol. The number of carbonyl (C=O) groups is 1. The fourth-order valence-corrected chi connectivity index (χ4v) is 3.22. The van der Waals surface area contributed by atoms with E-state index in [1.165, 1.54) is 5.56 Å². The maximum atomic E-state index is 12.1. The van der Waals surface area contributed by atoms with E-state index in [1.807, 2.05) is 12.1 Å². The Kier molecular flexibility index (Phi) is 2.44. The van der Waals surface area contributed by atoms with E-state index in [4.69, 9.17) is 4.74 Å². The molecule has 3 heteroatoms. The Bertz CT molecular complexity index is 469. The number of ketones is 1. The van der Waals surface area contributed by atoms with Gasteiger partial charge >= 0.3 is 0 Å². The highest BCUT2D eigenvalue weighted by atomic mass is 16.5. The molecule has 1 saturated heterocycles. The third-order valence-corrected chi connectivity index (χ3v) is 4.03. The van der Waals surface area contributed by atoms with Gasteiger partial charge in [0, 0.05) is 31.0 Å². The molecule has 0 unspecified atom stereocenters. The molecule has 0 saturated carbocycles. The van der Waals surface area contributed by atoms with Gasteiger partial charge in [0.05, 0.1) is 7.11 Å². The molecule has 3 nitrogen and oxygen atoms in total. The number of fused-ring (bicyclic) bond motifs is 3. The van der Waals surface area contributed by atoms with Crippen LogP contribution in [0.4, 0.5) is 0 Å². The molecule has 2 aliphatic rings. The van der Waals surface area contributed by atoms with E-state index >= 15 is 0 Å². The Morgan fingerprint density at radius 2 is 2.18 bits per heavy atom. The first-order valence-electron chi connectivity index (χ1n) is 6.08. The molecule has 0 bridgehead atoms. The van der Waals surface area contributed by atoms with Crippen molar-refractivity contribution in [3.8, 4) is 5.75 Å². The van der Waals surface area contributed by atoms with Crippen molar-refractivity contribution in [3.63, 3.8) is 0 Å². The summed E-state index contributed by atoms with van der Waals surface area (Å²) < 4.78 is 5.20. The number of Topliss-reactive ketones (excluding diaryl/α,β-unsaturated/α-hetero) is 1. The smallest absolute Gasteiger partial charge is 0.163 e. The number of hydrogen-bond donors (Lipinski definition) is 0. The standard InChI is InChI=1S/C14H17NO2/c1-15-7-9-5-14(16)12-6-10(17-2)3-4-11(12)13(9)8-15/h3-4,6,9,13H,5,7-8H2,1-2H3/t9-,13+/m0/s1. The summed E-state index contributed by atoms with van der Waals surface area (Å²) in [5.41, 5.74) is 2.09. The second kappa shape index (κ2) is 3.84. The van der Waals surface area contributed by atoms with Crippen LogP contribution in [0, 0.1) is 5.92 Å². The fourth-order valence-electron chi connectivity index (χ4n) is 3.22. The Morgan fingerprint density at radius 3 is 2.94 bits per heavy atom. The van der Waals surface area contributed by atoms with Gasteiger partial charge in [-0.15, -0.1) is 0 Å². The quantitative estimate of drug-likeness (QED) is 0.739. The molecule has 1 aromatic rings. The van der Waals surface area contributed by atoms with Crippen molar-refractivity contribution < 1.29 is 9.53 Å². The lowest BCUT2D eigenvalue weighted by Gasteiger charge is -2.26. The van der Waals surface area contributed by atoms with Crippen LogP contribution in [0.2, 0.25) is 0 Å². The van der Waals surface area contributed by atoms with Gasteiger partial charge in [-0.1, -0.05) is 6.07 Å². The Labute approximate surface area is 101 Å². The Morgan fingerprint density at radius 1 is 1.35 bits per heavy atom. The number of hydrogen-bond acceptors (Lipinski definition) is 3. The Hall–Kier alpha value is -1.35. The van der Waals surface area contributed by atoms with Crippen LogP contribution >= 0.6 is 0 Å². The summed E-state index contributed by atoms with van der Waals surface area (Å²) in [4.78, 5) is 14.5. The zero-order valence-electron chi connectivity index (χ0n) is 10.3. The molecular weight excluding hydrogens is 214 g/mol. The zero-order valence-corrected chi connectivity index (χ0v) is 10.3. The highest BCUT2D eigenvalue weighted by Gasteiger charge is 2.39. The maximum Gasteiger partial charge on any atom is 0.163 e. The molecule has 1 aromatic carbocycles. The number of likely N-dealkylation sites (N-methyl/N-ethyl adjacent to an activating group) is 1. The molecular formula is C14H17NO2. The summed E-state index contributed by atoms with van der Waals surface area (Å²) in [5, 5.41) is 0. The molecule has 0 spiro atoms. The van der Waals surface area contributed by atoms with E-state index in [-0.39, 0.29) is 5.78 Å². The van der Waals surface area contributed by atoms with E-state index in [2.05, 4.69) is 18.0 Å². The molecule has 0 radical (unpaired) electrons. The van der Waals surface area contributed by atoms with Gasteiger partial charge < -0.3 is 9.64 Å². The van der Waals surface area contributed by atoms with Crippen molar-refractivity contribution in [2.24, 2.45) is 5.92 Å². The minimum Gasteiger partial charge on any atom is -0.497 e. The second-order valence-corrected chi connectivity index (χ2v) is 5.17. The van der Waals surface area contributed by atoms with Gasteiger partial charge in [-0.05, 0) is 30.7 Å². The number of carbonyl (C=O) groups excluding carboxylic acids is 1. The van der Waals surface area contributed by atoms with Crippen LogP contribution in [0.25, 0.3) is 0 Å². The van der Waals surface area contributed by atoms with Gasteiger partial charge in [-0.3, -0.25) is 4.79 Å². The molecule has 1 aliphatic carbocycles. The van der Waals surface area contributed by atoms with Gasteiger partial charge in [0.25, 0.3) is 0 Å². The van der Waals surface area contributed by atoms with Gasteiger partial charge in [0.2, 0.25) is 0 Å². The largest absolute Gasteiger partial charge is 0.497 e. The lowest BCUT2D eigenvalue weighted by Crippen LogP contribution is -2.23. The van der Waals surface area contributed by atoms with Crippen LogP contribution in [-0.2, 0) is 0 Å². The number of methoxy groups -OCH3 is 1. The number of likely N-dealkylation sites (tertiary alicyclic amines) is 1. The normalized spacial score (nSPS) is 27.8. The molecule has 0 amide bonds. The van der Waals surface area contributed by atoms with Crippen LogP contribution in [-0.4, -0.2) is 37.9 Å². The van der Waals surface area contributed by atoms with E-state index in [0.717, 1.165) is 24.4 Å². The summed E-state index contributed by atoms with van der Waals surface area (Å²) in [6, 6.07) is 5.93. The van der Waals surface area contributed by atoms with Crippen molar-refractivity contribution in [2.45, 2.75) is 12.3 Å². The van der Waals surface area contributed by atoms with Crippen LogP contribution in [0.5, 0.6) is 5.75 Å². The minimum atomic E-state index is 0.274. The Balaban J connectivity index is 2.06. The molecule has 0 N–H and O–H groups in total. The predicted octanol–water partition coefficient (Wildman–Crippen LogP) is 1.93. The molecule has 1 aliphatic heterocycles. The van der Waals surface area contributed by atoms with Crippen molar-refractivity contribution in [2.75, 3.05) is 27.2 Å². The summed E-state index contributed by atoms with van der Waals surface area (Å²) in [6.07, 6.45) is 0.690. The first-order chi connectivity index (χ1) is 8.19. The molecule has 0 aromatic heterocycles. The van der Waals surface area contributed by atoms with Crippen molar-refractivity contribution in [1.29, 1.82) is 0 Å². The summed E-state index contributed by atoms with van der Waals surface area (Å²) in [7, 11) is 3.77. The summed E-state index contributed by atoms with van der Waals surface area (Å²) in [6.45, 7) is 2.11. The highest BCUT2D eigenvalue weighted by molar-refractivity contribution is 5.99. The third kappa shape index (κ3) is 1.65. The van der Waals surface area contributed by atoms with Crippen LogP contribution in [0.3, 0.4) is 0 Å². The number of rotatable bonds is 1. The van der Waals surface area contributed by atoms with Crippen molar-refractivity contribution >= 4 is 5.78 Å². The van der Waals surface area contributed by atoms with Gasteiger partial charge in [-0.2, -0.15) is 0 Å². The average molecular weight is 231 g/mol. The first-order valence-corrected chi connectivity index (χ1v) is 6.08. The first kappa shape index (κ1) is 10.8. The number of ether oxygens (including phenoxy) is 1. The maximum absolute atomic E-state index is 12.1. The SMILES string of the molecule is COc1ccc2c(c1)C(=O)C[C@H]1CN(C)C[C@@H]21. The van der Waals surface area contributed by atoms with Crippen molar-refractivity contribution in [3.05, 3.63) is 29.3 Å². The van der Waals surface area contributed by atoms with Gasteiger partial charge in [0.15, 0.2) is 5.78 Å². The average Bonchev–Trinajstić information content (AvgIpc) is 2.69. The lowest BCUT2D eigenvalue weighted by molar-refractivity contribution is 0.0946. The van der Waals surface area contributed by atoms with Crippen LogP contribution in [0.1, 0.15) is 28.3 Å². The van der Waals surface area contributed by atoms with E-state index in [1.54, 1.807) is 7.11 Å². The molecule has 17 heavy (non-hydrogen) atoms. The topological polar surface area (TPSA) is 29.5 Å². The van der Waals surface area contributed by atoms with Crippen molar-refractivity contribution in [1.82, 2.24) is 4.90 Å². The van der Waals surface area contributed by atoms with E-state index in [9.17, 15) is 4.79 Å². The minimum absolute atomic E-state index is 0.274. The molecule has 2 atom stereocenters. The number of nitrogens with zero attached hydrogens (tertiary/aromatic N) is 1. The third-order valence-electron chi connectivity index (χ3n) is 4.03. The predicted molar refractivity (Wildman–Crippen MR) is 65.7 cm³/mol. The highest BCUT2D eigenvalue weighted by Crippen LogP contribution is 2.41. The van der Waals surface area contributed by atoms with E-state index < -0.39 is 0 Å². The molecule has 3 rings (SSSR count). The lowest BCUT2D eigenvalue weighted by atomic mass is 9.76. The molecule has 1 heterocycles. The van der Waals surface area contributed by atoms with E-state index in [0.29, 0.717) is 18.3 Å². The van der Waals surface area contributed by atoms with Crippen LogP contribution in [0.15, 0.2) is 18.2 Å². The van der Waals surface area contributed by atoms with Gasteiger partial charge in [0.1, 0.15) is 5.75 Å². The van der Waals surface area contributed by atoms with Crippen LogP contribution < -0.4 is 4.74 Å². The second-order valence-electron chi connectivity index (χ2n) is 5.17. The summed E-state index contributed by atoms with van der Waals surface area (Å²) in [5.74, 6) is 2.09. The molecule has 1 fully saturated rings. The van der Waals surface area contributed by atoms with Gasteiger partial charge in [-0.25, -0.2) is 0 Å². The fraction of sp³-hybridized carbons (Fsp3) is 0.500.